The molecule has 0 saturated carbocycles. The minimum absolute atomic E-state index is 0. The first-order valence-corrected chi connectivity index (χ1v) is 14.8. The van der Waals surface area contributed by atoms with Gasteiger partial charge in [0.2, 0.25) is 5.91 Å². The van der Waals surface area contributed by atoms with Crippen LogP contribution < -0.4 is 10.2 Å². The van der Waals surface area contributed by atoms with Crippen molar-refractivity contribution in [3.63, 3.8) is 0 Å². The molecule has 6 rings (SSSR count). The highest BCUT2D eigenvalue weighted by Crippen LogP contribution is 2.37. The van der Waals surface area contributed by atoms with Crippen LogP contribution in [0.15, 0.2) is 78.9 Å². The number of carbonyl (C=O) groups is 1. The molecule has 0 radical (unpaired) electrons. The summed E-state index contributed by atoms with van der Waals surface area (Å²) in [5.41, 5.74) is 6.28. The van der Waals surface area contributed by atoms with E-state index in [-0.39, 0.29) is 66.8 Å². The predicted molar refractivity (Wildman–Crippen MR) is 182 cm³/mol. The summed E-state index contributed by atoms with van der Waals surface area (Å²) in [5, 5.41) is 12.1. The molecule has 4 aromatic rings. The number of fused-ring (bicyclic) bond motifs is 1. The highest BCUT2D eigenvalue weighted by atomic mass is 35.5. The average Bonchev–Trinajstić information content (AvgIpc) is 3.53. The van der Waals surface area contributed by atoms with Crippen LogP contribution in [0.4, 0.5) is 13.2 Å². The van der Waals surface area contributed by atoms with Crippen LogP contribution in [-0.2, 0) is 17.5 Å². The van der Waals surface area contributed by atoms with Gasteiger partial charge in [-0.2, -0.15) is 17.9 Å². The van der Waals surface area contributed by atoms with Crippen LogP contribution in [0.3, 0.4) is 0 Å². The molecule has 0 bridgehead atoms. The van der Waals surface area contributed by atoms with Crippen LogP contribution in [0.2, 0.25) is 0 Å². The van der Waals surface area contributed by atoms with Gasteiger partial charge in [-0.05, 0) is 39.8 Å². The average molecular weight is 730 g/mol. The Bertz CT molecular complexity index is 1580. The largest absolute Gasteiger partial charge is 0.496 e. The number of hydrazine groups is 1. The van der Waals surface area contributed by atoms with Crippen molar-refractivity contribution >= 4 is 43.1 Å². The van der Waals surface area contributed by atoms with Gasteiger partial charge in [0.1, 0.15) is 5.75 Å². The van der Waals surface area contributed by atoms with E-state index in [4.69, 9.17) is 4.74 Å². The van der Waals surface area contributed by atoms with E-state index in [1.54, 1.807) is 19.2 Å². The van der Waals surface area contributed by atoms with Crippen molar-refractivity contribution in [1.29, 1.82) is 0 Å². The summed E-state index contributed by atoms with van der Waals surface area (Å²) in [4.78, 5) is 16.8. The fourth-order valence-electron chi connectivity index (χ4n) is 6.72. The molecule has 2 saturated heterocycles. The van der Waals surface area contributed by atoms with Crippen LogP contribution in [-0.4, -0.2) is 92.8 Å². The van der Waals surface area contributed by atoms with E-state index in [2.05, 4.69) is 79.3 Å². The number of rotatable bonds is 8. The van der Waals surface area contributed by atoms with E-state index in [0.29, 0.717) is 43.2 Å². The van der Waals surface area contributed by atoms with Crippen molar-refractivity contribution in [2.75, 3.05) is 39.8 Å². The maximum absolute atomic E-state index is 13.6. The molecule has 2 fully saturated rings. The lowest BCUT2D eigenvalue weighted by Gasteiger charge is -2.53. The molecule has 0 spiro atoms. The predicted octanol–water partition coefficient (Wildman–Crippen LogP) is 5.01. The number of hydrogen-bond donors (Lipinski definition) is 1. The summed E-state index contributed by atoms with van der Waals surface area (Å²) in [6.07, 6.45) is -4.71. The lowest BCUT2D eigenvalue weighted by molar-refractivity contribution is -0.146. The number of nitrogens with zero attached hydrogens (tertiary/aromatic N) is 7. The van der Waals surface area contributed by atoms with Gasteiger partial charge in [-0.3, -0.25) is 20.0 Å². The number of carbonyl (C=O) groups excluding carboxylic acids is 1. The molecule has 260 valence electrons. The summed E-state index contributed by atoms with van der Waals surface area (Å²) < 4.78 is 47.2. The highest BCUT2D eigenvalue weighted by Gasteiger charge is 2.43. The first kappa shape index (κ1) is 39.0. The van der Waals surface area contributed by atoms with Gasteiger partial charge in [-0.15, -0.1) is 42.3 Å². The van der Waals surface area contributed by atoms with Gasteiger partial charge in [-0.1, -0.05) is 60.7 Å². The van der Waals surface area contributed by atoms with Crippen LogP contribution in [0, 0.1) is 0 Å². The second-order valence-electron chi connectivity index (χ2n) is 11.5. The fraction of sp³-hybridized carbons (Fsp3) is 0.375. The number of tetrazole rings is 1. The summed E-state index contributed by atoms with van der Waals surface area (Å²) in [6.45, 7) is 5.45. The number of aromatic nitrogens is 4. The van der Waals surface area contributed by atoms with Gasteiger partial charge in [0.15, 0.2) is 0 Å². The second-order valence-corrected chi connectivity index (χ2v) is 11.5. The molecule has 2 atom stereocenters. The van der Waals surface area contributed by atoms with Crippen molar-refractivity contribution in [3.8, 4) is 11.4 Å². The summed E-state index contributed by atoms with van der Waals surface area (Å²) in [6, 6.07) is 25.9. The number of benzene rings is 3. The number of amides is 1. The van der Waals surface area contributed by atoms with Gasteiger partial charge in [-0.25, -0.2) is 5.01 Å². The zero-order chi connectivity index (χ0) is 31.6. The monoisotopic (exact) mass is 728 g/mol. The Hall–Kier alpha value is -3.46. The Morgan fingerprint density at radius 1 is 0.938 bits per heavy atom. The highest BCUT2D eigenvalue weighted by molar-refractivity contribution is 5.86. The Balaban J connectivity index is 0.00000208. The van der Waals surface area contributed by atoms with E-state index in [9.17, 15) is 18.0 Å². The number of piperazine rings is 2. The number of ether oxygens (including phenoxy) is 1. The van der Waals surface area contributed by atoms with Gasteiger partial charge in [0.25, 0.3) is 5.82 Å². The molecular formula is C32H38Cl3F3N8O2. The normalized spacial score (nSPS) is 18.5. The third-order valence-electron chi connectivity index (χ3n) is 8.51. The van der Waals surface area contributed by atoms with Crippen molar-refractivity contribution in [2.24, 2.45) is 0 Å². The molecule has 0 aliphatic carbocycles. The zero-order valence-corrected chi connectivity index (χ0v) is 28.7. The molecule has 1 aromatic heterocycles. The second kappa shape index (κ2) is 16.8. The van der Waals surface area contributed by atoms with Crippen LogP contribution >= 0.6 is 37.2 Å². The third-order valence-corrected chi connectivity index (χ3v) is 8.51. The van der Waals surface area contributed by atoms with Gasteiger partial charge in [0, 0.05) is 69.8 Å². The van der Waals surface area contributed by atoms with Gasteiger partial charge < -0.3 is 4.74 Å². The molecule has 3 aromatic carbocycles. The summed E-state index contributed by atoms with van der Waals surface area (Å²) >= 11 is 0. The Morgan fingerprint density at radius 3 is 2.17 bits per heavy atom. The molecule has 3 heterocycles. The first-order chi connectivity index (χ1) is 21.7. The molecule has 2 aliphatic heterocycles. The van der Waals surface area contributed by atoms with Crippen LogP contribution in [0.25, 0.3) is 5.69 Å². The number of nitrogens with one attached hydrogen (secondary N) is 1. The van der Waals surface area contributed by atoms with Crippen molar-refractivity contribution < 1.29 is 22.7 Å². The lowest BCUT2D eigenvalue weighted by atomic mass is 9.81. The van der Waals surface area contributed by atoms with Crippen LogP contribution in [0.1, 0.15) is 35.4 Å². The standard InChI is InChI=1S/C32H35F3N8O2.3ClH/c1-22(44)37-41-15-16-42-27(20-41)19-40(21-28(42)30(23-9-5-3-6-10-23)24-11-7-4-8-12-24)18-25-17-26(13-14-29(25)45-2)43-31(32(33,34)35)36-38-39-43;;;/h3-14,17,27-28,30H,15-16,18-21H2,1-2H3,(H,37,44);3*1H/t27-,28+;;;/m1.../s1. The molecule has 16 heteroatoms. The molecular weight excluding hydrogens is 692 g/mol. The quantitative estimate of drug-likeness (QED) is 0.271. The number of methoxy groups -OCH3 is 1. The Morgan fingerprint density at radius 2 is 1.58 bits per heavy atom. The fourth-order valence-corrected chi connectivity index (χ4v) is 6.72. The first-order valence-electron chi connectivity index (χ1n) is 14.8. The number of halogens is 6. The summed E-state index contributed by atoms with van der Waals surface area (Å²) in [7, 11) is 1.55. The van der Waals surface area contributed by atoms with E-state index in [1.807, 2.05) is 17.1 Å². The minimum Gasteiger partial charge on any atom is -0.496 e. The van der Waals surface area contributed by atoms with Crippen LogP contribution in [0.5, 0.6) is 5.75 Å². The number of alkyl halides is 3. The minimum atomic E-state index is -4.71. The molecule has 10 nitrogen and oxygen atoms in total. The topological polar surface area (TPSA) is 91.6 Å². The Labute approximate surface area is 295 Å². The van der Waals surface area contributed by atoms with Crippen molar-refractivity contribution in [3.05, 3.63) is 101 Å². The third kappa shape index (κ3) is 8.57. The molecule has 48 heavy (non-hydrogen) atoms. The maximum Gasteiger partial charge on any atom is 0.453 e. The lowest BCUT2D eigenvalue weighted by Crippen LogP contribution is -2.68. The molecule has 1 amide bonds. The van der Waals surface area contributed by atoms with E-state index < -0.39 is 12.0 Å². The van der Waals surface area contributed by atoms with Crippen molar-refractivity contribution in [2.45, 2.75) is 37.6 Å². The zero-order valence-electron chi connectivity index (χ0n) is 26.3. The SMILES string of the molecule is COc1ccc(-n2nnnc2C(F)(F)F)cc1CN1C[C@@H]2CN(NC(C)=O)CCN2[C@H](C(c2ccccc2)c2ccccc2)C1.Cl.Cl.Cl. The molecule has 0 unspecified atom stereocenters. The molecule has 1 N–H and O–H groups in total. The van der Waals surface area contributed by atoms with E-state index >= 15 is 0 Å². The van der Waals surface area contributed by atoms with Crippen molar-refractivity contribution in [1.82, 2.24) is 40.4 Å². The smallest absolute Gasteiger partial charge is 0.453 e. The summed E-state index contributed by atoms with van der Waals surface area (Å²) in [5.74, 6) is -0.679. The van der Waals surface area contributed by atoms with Gasteiger partial charge >= 0.3 is 6.18 Å². The maximum atomic E-state index is 13.6. The Kier molecular flexibility index (Phi) is 13.6. The number of hydrogen-bond acceptors (Lipinski definition) is 8. The van der Waals surface area contributed by atoms with Gasteiger partial charge in [0.05, 0.1) is 12.8 Å². The van der Waals surface area contributed by atoms with E-state index in [1.165, 1.54) is 24.1 Å². The van der Waals surface area contributed by atoms with E-state index in [0.717, 1.165) is 12.1 Å². The molecule has 2 aliphatic rings.